The molecule has 0 bridgehead atoms. The van der Waals surface area contributed by atoms with E-state index in [4.69, 9.17) is 5.73 Å². The molecule has 0 spiro atoms. The number of Topliss-reactive ketones (excluding diaryl/α,β-unsaturated/α-hetero) is 1. The molecule has 0 saturated heterocycles. The number of ketones is 1. The number of hydrogen-bond acceptors (Lipinski definition) is 4. The molecule has 0 radical (unpaired) electrons. The molecule has 0 aromatic rings. The minimum Gasteiger partial charge on any atom is -0.352 e. The third-order valence-corrected chi connectivity index (χ3v) is 2.78. The number of likely N-dealkylation sites (N-methyl/N-ethyl adjacent to an activating group) is 1. The van der Waals surface area contributed by atoms with Crippen molar-refractivity contribution < 1.29 is 14.4 Å². The van der Waals surface area contributed by atoms with E-state index in [1.807, 2.05) is 27.7 Å². The first-order chi connectivity index (χ1) is 10.3. The SMILES string of the molecule is CCCNC(N)=O.CCNC(C(=O)NCC(=O)CC)C(C)C. The highest BCUT2D eigenvalue weighted by atomic mass is 16.2. The van der Waals surface area contributed by atoms with Crippen LogP contribution in [0.3, 0.4) is 0 Å². The van der Waals surface area contributed by atoms with Crippen LogP contribution >= 0.6 is 0 Å². The first-order valence-corrected chi connectivity index (χ1v) is 7.86. The van der Waals surface area contributed by atoms with Crippen LogP contribution in [0.2, 0.25) is 0 Å². The first kappa shape index (κ1) is 22.6. The van der Waals surface area contributed by atoms with Crippen molar-refractivity contribution in [1.29, 1.82) is 0 Å². The van der Waals surface area contributed by atoms with E-state index in [0.717, 1.165) is 13.0 Å². The number of hydrogen-bond donors (Lipinski definition) is 4. The van der Waals surface area contributed by atoms with E-state index in [9.17, 15) is 14.4 Å². The van der Waals surface area contributed by atoms with Gasteiger partial charge in [0.05, 0.1) is 12.6 Å². The smallest absolute Gasteiger partial charge is 0.312 e. The van der Waals surface area contributed by atoms with E-state index in [2.05, 4.69) is 16.0 Å². The molecule has 0 aromatic carbocycles. The van der Waals surface area contributed by atoms with Crippen LogP contribution in [0.1, 0.15) is 47.5 Å². The molecule has 0 aliphatic heterocycles. The predicted octanol–water partition coefficient (Wildman–Crippen LogP) is 0.781. The average molecular weight is 316 g/mol. The van der Waals surface area contributed by atoms with E-state index in [1.165, 1.54) is 0 Å². The van der Waals surface area contributed by atoms with Crippen molar-refractivity contribution >= 4 is 17.7 Å². The Morgan fingerprint density at radius 3 is 1.95 bits per heavy atom. The van der Waals surface area contributed by atoms with Crippen molar-refractivity contribution in [3.63, 3.8) is 0 Å². The molecule has 3 amide bonds. The first-order valence-electron chi connectivity index (χ1n) is 7.86. The number of carbonyl (C=O) groups excluding carboxylic acids is 3. The van der Waals surface area contributed by atoms with Gasteiger partial charge in [-0.25, -0.2) is 4.79 Å². The monoisotopic (exact) mass is 316 g/mol. The van der Waals surface area contributed by atoms with Crippen molar-refractivity contribution in [3.8, 4) is 0 Å². The van der Waals surface area contributed by atoms with Crippen LogP contribution in [-0.4, -0.2) is 43.4 Å². The van der Waals surface area contributed by atoms with Gasteiger partial charge >= 0.3 is 6.03 Å². The maximum Gasteiger partial charge on any atom is 0.312 e. The van der Waals surface area contributed by atoms with Gasteiger partial charge in [-0.15, -0.1) is 0 Å². The fourth-order valence-electron chi connectivity index (χ4n) is 1.52. The van der Waals surface area contributed by atoms with Crippen LogP contribution in [0.5, 0.6) is 0 Å². The molecule has 5 N–H and O–H groups in total. The molecule has 1 atom stereocenters. The number of primary amides is 1. The molecule has 0 saturated carbocycles. The van der Waals surface area contributed by atoms with Crippen molar-refractivity contribution in [2.24, 2.45) is 11.7 Å². The van der Waals surface area contributed by atoms with Crippen molar-refractivity contribution in [2.75, 3.05) is 19.6 Å². The second kappa shape index (κ2) is 14.3. The Kier molecular flexibility index (Phi) is 14.7. The summed E-state index contributed by atoms with van der Waals surface area (Å²) < 4.78 is 0. The summed E-state index contributed by atoms with van der Waals surface area (Å²) in [6, 6.07) is -0.651. The summed E-state index contributed by atoms with van der Waals surface area (Å²) in [4.78, 5) is 32.6. The molecule has 22 heavy (non-hydrogen) atoms. The summed E-state index contributed by atoms with van der Waals surface area (Å²) in [7, 11) is 0. The van der Waals surface area contributed by atoms with Gasteiger partial charge in [0.15, 0.2) is 5.78 Å². The lowest BCUT2D eigenvalue weighted by Crippen LogP contribution is -2.48. The van der Waals surface area contributed by atoms with Crippen LogP contribution in [0.4, 0.5) is 4.79 Å². The molecule has 0 rings (SSSR count). The summed E-state index contributed by atoms with van der Waals surface area (Å²) in [5, 5.41) is 8.18. The third kappa shape index (κ3) is 13.4. The van der Waals surface area contributed by atoms with Crippen LogP contribution in [-0.2, 0) is 9.59 Å². The van der Waals surface area contributed by atoms with Crippen molar-refractivity contribution in [2.45, 2.75) is 53.5 Å². The average Bonchev–Trinajstić information content (AvgIpc) is 2.47. The quantitative estimate of drug-likeness (QED) is 0.503. The lowest BCUT2D eigenvalue weighted by atomic mass is 10.0. The summed E-state index contributed by atoms with van der Waals surface area (Å²) >= 11 is 0. The van der Waals surface area contributed by atoms with Gasteiger partial charge in [-0.2, -0.15) is 0 Å². The zero-order chi connectivity index (χ0) is 17.5. The number of amides is 3. The van der Waals surface area contributed by atoms with Gasteiger partial charge in [-0.05, 0) is 18.9 Å². The number of rotatable bonds is 9. The minimum atomic E-state index is -0.443. The van der Waals surface area contributed by atoms with Crippen LogP contribution in [0.25, 0.3) is 0 Å². The lowest BCUT2D eigenvalue weighted by Gasteiger charge is -2.20. The van der Waals surface area contributed by atoms with Crippen molar-refractivity contribution in [1.82, 2.24) is 16.0 Å². The van der Waals surface area contributed by atoms with Gasteiger partial charge in [0.2, 0.25) is 5.91 Å². The standard InChI is InChI=1S/C11H22N2O2.C4H10N2O/c1-5-9(14)7-13-11(15)10(8(3)4)12-6-2;1-2-3-6-4(5)7/h8,10,12H,5-7H2,1-4H3,(H,13,15);2-3H2,1H3,(H3,5,6,7). The van der Waals surface area contributed by atoms with E-state index < -0.39 is 6.03 Å². The third-order valence-electron chi connectivity index (χ3n) is 2.78. The zero-order valence-corrected chi connectivity index (χ0v) is 14.5. The zero-order valence-electron chi connectivity index (χ0n) is 14.5. The summed E-state index contributed by atoms with van der Waals surface area (Å²) in [5.41, 5.74) is 4.73. The van der Waals surface area contributed by atoms with E-state index in [0.29, 0.717) is 13.0 Å². The second-order valence-corrected chi connectivity index (χ2v) is 5.18. The lowest BCUT2D eigenvalue weighted by molar-refractivity contribution is -0.127. The molecule has 1 unspecified atom stereocenters. The Labute approximate surface area is 133 Å². The minimum absolute atomic E-state index is 0.0577. The molecule has 0 aliphatic carbocycles. The number of urea groups is 1. The normalized spacial score (nSPS) is 11.2. The number of nitrogens with two attached hydrogens (primary N) is 1. The predicted molar refractivity (Wildman–Crippen MR) is 88.5 cm³/mol. The number of nitrogens with one attached hydrogen (secondary N) is 3. The van der Waals surface area contributed by atoms with E-state index in [1.54, 1.807) is 6.92 Å². The van der Waals surface area contributed by atoms with Crippen LogP contribution < -0.4 is 21.7 Å². The Bertz CT molecular complexity index is 333. The highest BCUT2D eigenvalue weighted by Crippen LogP contribution is 2.01. The molecule has 0 aliphatic rings. The van der Waals surface area contributed by atoms with Gasteiger partial charge in [0.25, 0.3) is 0 Å². The van der Waals surface area contributed by atoms with Gasteiger partial charge in [0.1, 0.15) is 0 Å². The van der Waals surface area contributed by atoms with Crippen molar-refractivity contribution in [3.05, 3.63) is 0 Å². The van der Waals surface area contributed by atoms with E-state index >= 15 is 0 Å². The van der Waals surface area contributed by atoms with Gasteiger partial charge in [-0.3, -0.25) is 9.59 Å². The fourth-order valence-corrected chi connectivity index (χ4v) is 1.52. The Morgan fingerprint density at radius 1 is 1.05 bits per heavy atom. The molecular weight excluding hydrogens is 284 g/mol. The molecule has 7 heteroatoms. The van der Waals surface area contributed by atoms with Gasteiger partial charge < -0.3 is 21.7 Å². The summed E-state index contributed by atoms with van der Waals surface area (Å²) in [5.74, 6) is 0.192. The molecule has 130 valence electrons. The maximum atomic E-state index is 11.7. The molecule has 0 heterocycles. The Hall–Kier alpha value is -1.63. The van der Waals surface area contributed by atoms with E-state index in [-0.39, 0.29) is 30.2 Å². The van der Waals surface area contributed by atoms with Gasteiger partial charge in [-0.1, -0.05) is 34.6 Å². The van der Waals surface area contributed by atoms with Crippen LogP contribution in [0, 0.1) is 5.92 Å². The topological polar surface area (TPSA) is 113 Å². The molecular formula is C15H32N4O3. The number of carbonyl (C=O) groups is 3. The fraction of sp³-hybridized carbons (Fsp3) is 0.800. The molecule has 7 nitrogen and oxygen atoms in total. The maximum absolute atomic E-state index is 11.7. The second-order valence-electron chi connectivity index (χ2n) is 5.18. The molecule has 0 aromatic heterocycles. The Balaban J connectivity index is 0. The van der Waals surface area contributed by atoms with Gasteiger partial charge in [0, 0.05) is 13.0 Å². The Morgan fingerprint density at radius 2 is 1.64 bits per heavy atom. The summed E-state index contributed by atoms with van der Waals surface area (Å²) in [6.07, 6.45) is 1.40. The summed E-state index contributed by atoms with van der Waals surface area (Å²) in [6.45, 7) is 11.2. The molecule has 0 fully saturated rings. The van der Waals surface area contributed by atoms with Crippen LogP contribution in [0.15, 0.2) is 0 Å². The highest BCUT2D eigenvalue weighted by Gasteiger charge is 2.20. The highest BCUT2D eigenvalue weighted by molar-refractivity contribution is 5.88. The largest absolute Gasteiger partial charge is 0.352 e.